The number of hydrogen-bond acceptors (Lipinski definition) is 6. The van der Waals surface area contributed by atoms with Crippen LogP contribution in [0.5, 0.6) is 11.5 Å². The summed E-state index contributed by atoms with van der Waals surface area (Å²) >= 11 is 0. The van der Waals surface area contributed by atoms with Crippen LogP contribution < -0.4 is 19.4 Å². The normalized spacial score (nSPS) is 22.5. The number of allylic oxidation sites excluding steroid dienone is 2. The maximum Gasteiger partial charge on any atom is 0.154 e. The zero-order valence-electron chi connectivity index (χ0n) is 19.7. The molecule has 0 radical (unpaired) electrons. The molecule has 0 amide bonds. The molecule has 6 nitrogen and oxygen atoms in total. The van der Waals surface area contributed by atoms with Crippen molar-refractivity contribution < 1.29 is 4.74 Å². The van der Waals surface area contributed by atoms with Gasteiger partial charge in [-0.25, -0.2) is 4.98 Å². The summed E-state index contributed by atoms with van der Waals surface area (Å²) < 4.78 is 6.36. The second kappa shape index (κ2) is 8.38. The van der Waals surface area contributed by atoms with Crippen LogP contribution in [0.25, 0.3) is 0 Å². The third kappa shape index (κ3) is 3.60. The number of nitrogens with zero attached hydrogens (tertiary/aromatic N) is 5. The van der Waals surface area contributed by atoms with Crippen molar-refractivity contribution in [3.8, 4) is 11.5 Å². The molecule has 2 aromatic carbocycles. The van der Waals surface area contributed by atoms with Crippen molar-refractivity contribution >= 4 is 22.9 Å². The van der Waals surface area contributed by atoms with E-state index < -0.39 is 0 Å². The van der Waals surface area contributed by atoms with Gasteiger partial charge >= 0.3 is 0 Å². The average Bonchev–Trinajstić information content (AvgIpc) is 3.11. The van der Waals surface area contributed by atoms with E-state index in [1.54, 1.807) is 0 Å². The molecule has 4 heterocycles. The van der Waals surface area contributed by atoms with Crippen LogP contribution in [-0.2, 0) is 0 Å². The molecular weight excluding hydrogens is 434 g/mol. The summed E-state index contributed by atoms with van der Waals surface area (Å²) in [7, 11) is 0. The summed E-state index contributed by atoms with van der Waals surface area (Å²) in [6.45, 7) is 1.60. The van der Waals surface area contributed by atoms with E-state index in [0.29, 0.717) is 12.1 Å². The van der Waals surface area contributed by atoms with E-state index >= 15 is 0 Å². The van der Waals surface area contributed by atoms with Crippen molar-refractivity contribution in [2.45, 2.75) is 37.8 Å². The lowest BCUT2D eigenvalue weighted by Gasteiger charge is -2.45. The highest BCUT2D eigenvalue weighted by atomic mass is 16.5. The van der Waals surface area contributed by atoms with Gasteiger partial charge in [0.1, 0.15) is 11.5 Å². The summed E-state index contributed by atoms with van der Waals surface area (Å²) in [5.41, 5.74) is 3.42. The molecule has 2 atom stereocenters. The highest BCUT2D eigenvalue weighted by Crippen LogP contribution is 2.44. The topological polar surface area (TPSA) is 35.1 Å². The Bertz CT molecular complexity index is 1300. The largest absolute Gasteiger partial charge is 0.457 e. The molecule has 3 aromatic rings. The van der Waals surface area contributed by atoms with Crippen LogP contribution in [0.2, 0.25) is 0 Å². The van der Waals surface area contributed by atoms with Gasteiger partial charge in [0.25, 0.3) is 0 Å². The van der Waals surface area contributed by atoms with Gasteiger partial charge in [-0.05, 0) is 61.4 Å². The summed E-state index contributed by atoms with van der Waals surface area (Å²) in [6.07, 6.45) is 15.5. The molecule has 1 fully saturated rings. The molecular formula is C29H29N5O. The third-order valence-corrected chi connectivity index (χ3v) is 7.63. The van der Waals surface area contributed by atoms with Gasteiger partial charge in [0.05, 0.1) is 31.1 Å². The minimum absolute atomic E-state index is 0.392. The van der Waals surface area contributed by atoms with Crippen molar-refractivity contribution in [3.63, 3.8) is 0 Å². The molecule has 0 saturated heterocycles. The Morgan fingerprint density at radius 2 is 1.54 bits per heavy atom. The second-order valence-electron chi connectivity index (χ2n) is 9.71. The lowest BCUT2D eigenvalue weighted by Crippen LogP contribution is -2.54. The number of anilines is 4. The minimum atomic E-state index is 0.392. The first kappa shape index (κ1) is 20.4. The summed E-state index contributed by atoms with van der Waals surface area (Å²) in [6, 6.07) is 21.8. The van der Waals surface area contributed by atoms with Crippen molar-refractivity contribution in [2.75, 3.05) is 28.0 Å². The van der Waals surface area contributed by atoms with E-state index in [9.17, 15) is 0 Å². The Hall–Kier alpha value is -3.93. The van der Waals surface area contributed by atoms with Crippen molar-refractivity contribution in [2.24, 2.45) is 0 Å². The molecule has 8 bridgehead atoms. The fourth-order valence-corrected chi connectivity index (χ4v) is 5.98. The van der Waals surface area contributed by atoms with Crippen LogP contribution in [0.4, 0.5) is 22.9 Å². The van der Waals surface area contributed by atoms with Crippen LogP contribution in [0.3, 0.4) is 0 Å². The third-order valence-electron chi connectivity index (χ3n) is 7.63. The Morgan fingerprint density at radius 1 is 0.771 bits per heavy atom. The molecule has 2 unspecified atom stereocenters. The monoisotopic (exact) mass is 463 g/mol. The van der Waals surface area contributed by atoms with Crippen LogP contribution in [0, 0.1) is 0 Å². The Kier molecular flexibility index (Phi) is 4.89. The smallest absolute Gasteiger partial charge is 0.154 e. The minimum Gasteiger partial charge on any atom is -0.457 e. The summed E-state index contributed by atoms with van der Waals surface area (Å²) in [4.78, 5) is 14.7. The molecule has 6 heteroatoms. The molecule has 4 aliphatic rings. The van der Waals surface area contributed by atoms with E-state index in [0.717, 1.165) is 47.7 Å². The van der Waals surface area contributed by atoms with Gasteiger partial charge in [-0.15, -0.1) is 0 Å². The van der Waals surface area contributed by atoms with Gasteiger partial charge in [0.15, 0.2) is 5.82 Å². The quantitative estimate of drug-likeness (QED) is 0.394. The number of benzene rings is 2. The van der Waals surface area contributed by atoms with Gasteiger partial charge in [-0.2, -0.15) is 0 Å². The van der Waals surface area contributed by atoms with Crippen molar-refractivity contribution in [1.82, 2.24) is 9.88 Å². The Morgan fingerprint density at radius 3 is 2.43 bits per heavy atom. The Labute approximate surface area is 206 Å². The lowest BCUT2D eigenvalue weighted by molar-refractivity contribution is 0.190. The van der Waals surface area contributed by atoms with Gasteiger partial charge < -0.3 is 24.3 Å². The number of aromatic nitrogens is 1. The van der Waals surface area contributed by atoms with Gasteiger partial charge in [0, 0.05) is 42.1 Å². The van der Waals surface area contributed by atoms with E-state index in [1.807, 2.05) is 24.4 Å². The summed E-state index contributed by atoms with van der Waals surface area (Å²) in [5.74, 6) is 2.76. The van der Waals surface area contributed by atoms with Crippen LogP contribution in [0.1, 0.15) is 25.7 Å². The zero-order valence-corrected chi connectivity index (χ0v) is 19.7. The van der Waals surface area contributed by atoms with Crippen LogP contribution in [0.15, 0.2) is 91.4 Å². The predicted molar refractivity (Wildman–Crippen MR) is 140 cm³/mol. The maximum atomic E-state index is 6.36. The molecule has 0 spiro atoms. The highest BCUT2D eigenvalue weighted by Gasteiger charge is 2.40. The lowest BCUT2D eigenvalue weighted by atomic mass is 9.88. The molecule has 7 rings (SSSR count). The standard InChI is InChI=1S/C29H29N5O/c1-2-13-27-26(12-1)32-17-4-3-16-31(20-32)22-8-5-10-24(18-22)35-25-11-6-9-23(19-25)33-21-34(27)29-28(33)14-7-15-30-29/h3-11,14-19,26-27H,1-2,12-13,20-21H2. The number of hydrogen-bond donors (Lipinski definition) is 0. The molecule has 0 N–H and O–H groups in total. The van der Waals surface area contributed by atoms with Gasteiger partial charge in [0.2, 0.25) is 0 Å². The first-order chi connectivity index (χ1) is 17.3. The second-order valence-corrected chi connectivity index (χ2v) is 9.71. The van der Waals surface area contributed by atoms with E-state index in [-0.39, 0.29) is 0 Å². The predicted octanol–water partition coefficient (Wildman–Crippen LogP) is 6.22. The molecule has 3 aliphatic heterocycles. The maximum absolute atomic E-state index is 6.36. The number of ether oxygens (including phenoxy) is 1. The van der Waals surface area contributed by atoms with Gasteiger partial charge in [-0.3, -0.25) is 0 Å². The first-order valence-electron chi connectivity index (χ1n) is 12.6. The van der Waals surface area contributed by atoms with Crippen molar-refractivity contribution in [1.29, 1.82) is 0 Å². The number of pyridine rings is 1. The van der Waals surface area contributed by atoms with Gasteiger partial charge in [-0.1, -0.05) is 25.0 Å². The zero-order chi connectivity index (χ0) is 23.2. The Balaban J connectivity index is 1.39. The molecule has 1 aliphatic carbocycles. The average molecular weight is 464 g/mol. The highest BCUT2D eigenvalue weighted by molar-refractivity contribution is 5.80. The first-order valence-corrected chi connectivity index (χ1v) is 12.6. The van der Waals surface area contributed by atoms with E-state index in [1.165, 1.54) is 25.7 Å². The fraction of sp³-hybridized carbons (Fsp3) is 0.276. The van der Waals surface area contributed by atoms with Crippen LogP contribution >= 0.6 is 0 Å². The van der Waals surface area contributed by atoms with Crippen molar-refractivity contribution in [3.05, 3.63) is 91.4 Å². The SMILES string of the molecule is C1=CN2CN(C=C1)C1CCCCC1N1CN(c3cccc(c3)Oc3cccc2c3)c2cccnc21. The number of rotatable bonds is 0. The van der Waals surface area contributed by atoms with Crippen LogP contribution in [-0.4, -0.2) is 35.3 Å². The molecule has 35 heavy (non-hydrogen) atoms. The molecule has 1 aromatic heterocycles. The summed E-state index contributed by atoms with van der Waals surface area (Å²) in [5, 5.41) is 0. The fourth-order valence-electron chi connectivity index (χ4n) is 5.98. The molecule has 176 valence electrons. The molecule has 1 saturated carbocycles. The van der Waals surface area contributed by atoms with E-state index in [2.05, 4.69) is 86.6 Å². The van der Waals surface area contributed by atoms with E-state index in [4.69, 9.17) is 9.72 Å². The number of fused-ring (bicyclic) bond motifs is 16.